The number of hydrogen-bond donors (Lipinski definition) is 2. The molecule has 3 nitrogen and oxygen atoms in total. The van der Waals surface area contributed by atoms with Gasteiger partial charge in [-0.1, -0.05) is 18.2 Å². The monoisotopic (exact) mass is 235 g/mol. The maximum absolute atomic E-state index is 12.0. The van der Waals surface area contributed by atoms with Gasteiger partial charge in [-0.3, -0.25) is 0 Å². The molecule has 0 aliphatic heterocycles. The van der Waals surface area contributed by atoms with Crippen molar-refractivity contribution in [3.8, 4) is 5.75 Å². The van der Waals surface area contributed by atoms with Crippen LogP contribution in [0.1, 0.15) is 5.56 Å². The summed E-state index contributed by atoms with van der Waals surface area (Å²) in [7, 11) is 0. The van der Waals surface area contributed by atoms with E-state index in [1.165, 1.54) is 18.2 Å². The molecule has 1 unspecified atom stereocenters. The van der Waals surface area contributed by atoms with Gasteiger partial charge in [0.25, 0.3) is 0 Å². The average Bonchev–Trinajstić information content (AvgIpc) is 2.18. The van der Waals surface area contributed by atoms with Crippen molar-refractivity contribution in [1.82, 2.24) is 0 Å². The minimum atomic E-state index is -4.72. The topological polar surface area (TPSA) is 55.5 Å². The summed E-state index contributed by atoms with van der Waals surface area (Å²) in [4.78, 5) is 0. The van der Waals surface area contributed by atoms with Gasteiger partial charge < -0.3 is 15.6 Å². The minimum absolute atomic E-state index is 0.128. The number of alkyl halides is 3. The second kappa shape index (κ2) is 5.18. The van der Waals surface area contributed by atoms with E-state index in [9.17, 15) is 13.2 Å². The smallest absolute Gasteiger partial charge is 0.406 e. The van der Waals surface area contributed by atoms with Crippen molar-refractivity contribution in [1.29, 1.82) is 0 Å². The lowest BCUT2D eigenvalue weighted by atomic mass is 10.1. The van der Waals surface area contributed by atoms with Crippen LogP contribution in [0.4, 0.5) is 13.2 Å². The summed E-state index contributed by atoms with van der Waals surface area (Å²) >= 11 is 0. The fourth-order valence-corrected chi connectivity index (χ4v) is 1.24. The molecule has 16 heavy (non-hydrogen) atoms. The van der Waals surface area contributed by atoms with E-state index in [2.05, 4.69) is 4.74 Å². The molecule has 0 aliphatic carbocycles. The molecule has 0 aromatic heterocycles. The molecular formula is C10H12F3NO2. The molecule has 6 heteroatoms. The van der Waals surface area contributed by atoms with Crippen molar-refractivity contribution in [3.05, 3.63) is 29.8 Å². The maximum atomic E-state index is 12.0. The molecule has 0 amide bonds. The summed E-state index contributed by atoms with van der Waals surface area (Å²) in [6.45, 7) is -0.291. The molecule has 0 aliphatic rings. The van der Waals surface area contributed by atoms with Crippen LogP contribution in [0.2, 0.25) is 0 Å². The fraction of sp³-hybridized carbons (Fsp3) is 0.400. The summed E-state index contributed by atoms with van der Waals surface area (Å²) < 4.78 is 40.0. The minimum Gasteiger partial charge on any atom is -0.406 e. The Morgan fingerprint density at radius 3 is 2.50 bits per heavy atom. The van der Waals surface area contributed by atoms with E-state index < -0.39 is 12.4 Å². The summed E-state index contributed by atoms with van der Waals surface area (Å²) in [5, 5.41) is 8.73. The summed E-state index contributed by atoms with van der Waals surface area (Å²) in [6, 6.07) is 5.12. The van der Waals surface area contributed by atoms with Crippen LogP contribution in [0.15, 0.2) is 24.3 Å². The molecule has 0 saturated heterocycles. The van der Waals surface area contributed by atoms with Crippen molar-refractivity contribution in [3.63, 3.8) is 0 Å². The molecule has 1 atom stereocenters. The lowest BCUT2D eigenvalue weighted by Gasteiger charge is -2.14. The highest BCUT2D eigenvalue weighted by molar-refractivity contribution is 5.34. The van der Waals surface area contributed by atoms with Gasteiger partial charge in [0.1, 0.15) is 5.75 Å². The third-order valence-electron chi connectivity index (χ3n) is 1.91. The number of aliphatic hydroxyl groups is 1. The number of benzene rings is 1. The Hall–Kier alpha value is -1.27. The van der Waals surface area contributed by atoms with Crippen LogP contribution < -0.4 is 10.5 Å². The molecule has 3 N–H and O–H groups in total. The molecule has 0 fully saturated rings. The highest BCUT2D eigenvalue weighted by atomic mass is 19.4. The predicted octanol–water partition coefficient (Wildman–Crippen LogP) is 1.45. The second-order valence-electron chi connectivity index (χ2n) is 3.30. The molecule has 90 valence electrons. The van der Waals surface area contributed by atoms with Crippen LogP contribution in [0.25, 0.3) is 0 Å². The highest BCUT2D eigenvalue weighted by Gasteiger charge is 2.32. The van der Waals surface area contributed by atoms with E-state index in [4.69, 9.17) is 10.8 Å². The number of nitrogens with two attached hydrogens (primary N) is 1. The van der Waals surface area contributed by atoms with Gasteiger partial charge in [-0.2, -0.15) is 0 Å². The summed E-state index contributed by atoms with van der Waals surface area (Å²) in [5.41, 5.74) is 5.77. The van der Waals surface area contributed by atoms with Gasteiger partial charge in [-0.15, -0.1) is 13.2 Å². The Morgan fingerprint density at radius 1 is 1.31 bits per heavy atom. The molecule has 1 aromatic rings. The molecular weight excluding hydrogens is 223 g/mol. The van der Waals surface area contributed by atoms with Crippen molar-refractivity contribution in [2.75, 3.05) is 6.61 Å². The van der Waals surface area contributed by atoms with Crippen LogP contribution >= 0.6 is 0 Å². The zero-order valence-electron chi connectivity index (χ0n) is 8.37. The highest BCUT2D eigenvalue weighted by Crippen LogP contribution is 2.26. The van der Waals surface area contributed by atoms with E-state index in [0.717, 1.165) is 0 Å². The number of para-hydroxylation sites is 1. The molecule has 0 heterocycles. The van der Waals surface area contributed by atoms with E-state index in [-0.39, 0.29) is 18.8 Å². The Bertz CT molecular complexity index is 341. The average molecular weight is 235 g/mol. The normalized spacial score (nSPS) is 13.6. The molecule has 0 bridgehead atoms. The van der Waals surface area contributed by atoms with Gasteiger partial charge in [0.2, 0.25) is 0 Å². The Balaban J connectivity index is 2.83. The molecule has 0 spiro atoms. The molecule has 1 aromatic carbocycles. The van der Waals surface area contributed by atoms with Crippen molar-refractivity contribution >= 4 is 0 Å². The first-order chi connectivity index (χ1) is 7.42. The zero-order valence-corrected chi connectivity index (χ0v) is 8.37. The largest absolute Gasteiger partial charge is 0.573 e. The van der Waals surface area contributed by atoms with Gasteiger partial charge >= 0.3 is 6.36 Å². The van der Waals surface area contributed by atoms with Gasteiger partial charge in [-0.05, 0) is 18.1 Å². The van der Waals surface area contributed by atoms with Crippen LogP contribution in [0, 0.1) is 0 Å². The standard InChI is InChI=1S/C10H12F3NO2/c11-10(12,13)16-9-4-2-1-3-7(9)5-8(14)6-15/h1-4,8,15H,5-6,14H2. The lowest BCUT2D eigenvalue weighted by molar-refractivity contribution is -0.274. The van der Waals surface area contributed by atoms with E-state index in [0.29, 0.717) is 5.56 Å². The van der Waals surface area contributed by atoms with E-state index >= 15 is 0 Å². The molecule has 0 saturated carbocycles. The Morgan fingerprint density at radius 2 is 1.94 bits per heavy atom. The van der Waals surface area contributed by atoms with Crippen molar-refractivity contribution in [2.24, 2.45) is 5.73 Å². The quantitative estimate of drug-likeness (QED) is 0.830. The summed E-state index contributed by atoms with van der Waals surface area (Å²) in [6.07, 6.45) is -4.60. The SMILES string of the molecule is NC(CO)Cc1ccccc1OC(F)(F)F. The first kappa shape index (κ1) is 12.8. The van der Waals surface area contributed by atoms with Crippen molar-refractivity contribution in [2.45, 2.75) is 18.8 Å². The van der Waals surface area contributed by atoms with Crippen LogP contribution in [0.5, 0.6) is 5.75 Å². The molecule has 1 rings (SSSR count). The van der Waals surface area contributed by atoms with Gasteiger partial charge in [0.15, 0.2) is 0 Å². The van der Waals surface area contributed by atoms with Gasteiger partial charge in [0, 0.05) is 6.04 Å². The predicted molar refractivity (Wildman–Crippen MR) is 51.9 cm³/mol. The van der Waals surface area contributed by atoms with Gasteiger partial charge in [0.05, 0.1) is 6.61 Å². The number of hydrogen-bond acceptors (Lipinski definition) is 3. The van der Waals surface area contributed by atoms with Gasteiger partial charge in [-0.25, -0.2) is 0 Å². The Kier molecular flexibility index (Phi) is 4.14. The van der Waals surface area contributed by atoms with E-state index in [1.807, 2.05) is 0 Å². The number of halogens is 3. The number of rotatable bonds is 4. The van der Waals surface area contributed by atoms with E-state index in [1.54, 1.807) is 6.07 Å². The van der Waals surface area contributed by atoms with Crippen LogP contribution in [-0.4, -0.2) is 24.1 Å². The number of ether oxygens (including phenoxy) is 1. The molecule has 0 radical (unpaired) electrons. The fourth-order valence-electron chi connectivity index (χ4n) is 1.24. The second-order valence-corrected chi connectivity index (χ2v) is 3.30. The van der Waals surface area contributed by atoms with Crippen molar-refractivity contribution < 1.29 is 23.0 Å². The first-order valence-electron chi connectivity index (χ1n) is 4.62. The van der Waals surface area contributed by atoms with Crippen LogP contribution in [-0.2, 0) is 6.42 Å². The third kappa shape index (κ3) is 4.08. The number of aliphatic hydroxyl groups excluding tert-OH is 1. The van der Waals surface area contributed by atoms with Crippen LogP contribution in [0.3, 0.4) is 0 Å². The Labute approximate surface area is 90.6 Å². The lowest BCUT2D eigenvalue weighted by Crippen LogP contribution is -2.27. The first-order valence-corrected chi connectivity index (χ1v) is 4.62. The zero-order chi connectivity index (χ0) is 12.2. The third-order valence-corrected chi connectivity index (χ3v) is 1.91. The maximum Gasteiger partial charge on any atom is 0.573 e. The summed E-state index contributed by atoms with van der Waals surface area (Å²) in [5.74, 6) is -0.279.